The van der Waals surface area contributed by atoms with E-state index in [4.69, 9.17) is 14.2 Å². The lowest BCUT2D eigenvalue weighted by molar-refractivity contribution is -0.384. The van der Waals surface area contributed by atoms with Crippen LogP contribution in [0.15, 0.2) is 24.3 Å². The minimum Gasteiger partial charge on any atom is -0.428 e. The highest BCUT2D eigenvalue weighted by atomic mass is 16.7. The minimum absolute atomic E-state index is 0.0784. The fraction of sp³-hybridized carbons (Fsp3) is 0.562. The molecule has 7 nitrogen and oxygen atoms in total. The van der Waals surface area contributed by atoms with Gasteiger partial charge < -0.3 is 14.2 Å². The van der Waals surface area contributed by atoms with Gasteiger partial charge in [0.1, 0.15) is 11.4 Å². The van der Waals surface area contributed by atoms with Crippen LogP contribution in [0.4, 0.5) is 10.5 Å². The Balaban J connectivity index is 2.49. The van der Waals surface area contributed by atoms with Gasteiger partial charge in [-0.1, -0.05) is 0 Å². The summed E-state index contributed by atoms with van der Waals surface area (Å²) in [4.78, 5) is 21.8. The van der Waals surface area contributed by atoms with Crippen molar-refractivity contribution in [1.82, 2.24) is 0 Å². The highest BCUT2D eigenvalue weighted by molar-refractivity contribution is 5.64. The van der Waals surface area contributed by atoms with Crippen LogP contribution < -0.4 is 4.74 Å². The van der Waals surface area contributed by atoms with E-state index in [1.807, 2.05) is 20.8 Å². The summed E-state index contributed by atoms with van der Waals surface area (Å²) < 4.78 is 15.9. The van der Waals surface area contributed by atoms with Gasteiger partial charge in [0.2, 0.25) is 0 Å². The van der Waals surface area contributed by atoms with Crippen molar-refractivity contribution in [2.24, 2.45) is 0 Å². The lowest BCUT2D eigenvalue weighted by Crippen LogP contribution is -2.32. The third-order valence-electron chi connectivity index (χ3n) is 2.85. The highest BCUT2D eigenvalue weighted by Crippen LogP contribution is 2.21. The van der Waals surface area contributed by atoms with Gasteiger partial charge in [0.25, 0.3) is 5.69 Å². The van der Waals surface area contributed by atoms with Crippen molar-refractivity contribution in [3.63, 3.8) is 0 Å². The molecular formula is C16H23NO6. The lowest BCUT2D eigenvalue weighted by Gasteiger charge is -2.27. The van der Waals surface area contributed by atoms with Crippen molar-refractivity contribution in [1.29, 1.82) is 0 Å². The number of hydrogen-bond acceptors (Lipinski definition) is 6. The topological polar surface area (TPSA) is 87.9 Å². The van der Waals surface area contributed by atoms with Gasteiger partial charge >= 0.3 is 6.16 Å². The van der Waals surface area contributed by atoms with Crippen molar-refractivity contribution < 1.29 is 23.9 Å². The van der Waals surface area contributed by atoms with Crippen molar-refractivity contribution in [2.75, 3.05) is 6.61 Å². The summed E-state index contributed by atoms with van der Waals surface area (Å²) in [6, 6.07) is 5.19. The average molecular weight is 325 g/mol. The van der Waals surface area contributed by atoms with Gasteiger partial charge in [-0.05, 0) is 46.8 Å². The minimum atomic E-state index is -0.861. The van der Waals surface area contributed by atoms with Crippen LogP contribution in [0, 0.1) is 10.1 Å². The summed E-state index contributed by atoms with van der Waals surface area (Å²) in [5.41, 5.74) is -1.08. The van der Waals surface area contributed by atoms with E-state index in [-0.39, 0.29) is 17.0 Å². The van der Waals surface area contributed by atoms with Gasteiger partial charge in [-0.15, -0.1) is 0 Å². The second-order valence-electron chi connectivity index (χ2n) is 6.68. The molecule has 0 amide bonds. The fourth-order valence-electron chi connectivity index (χ4n) is 1.63. The number of nitro groups is 1. The van der Waals surface area contributed by atoms with Crippen LogP contribution in [-0.4, -0.2) is 28.9 Å². The van der Waals surface area contributed by atoms with Crippen molar-refractivity contribution in [3.8, 4) is 5.75 Å². The molecule has 23 heavy (non-hydrogen) atoms. The van der Waals surface area contributed by atoms with E-state index in [1.165, 1.54) is 24.3 Å². The monoisotopic (exact) mass is 325 g/mol. The molecule has 0 saturated carbocycles. The Morgan fingerprint density at radius 2 is 1.70 bits per heavy atom. The van der Waals surface area contributed by atoms with Gasteiger partial charge in [-0.3, -0.25) is 10.1 Å². The first-order chi connectivity index (χ1) is 10.5. The first-order valence-electron chi connectivity index (χ1n) is 7.28. The van der Waals surface area contributed by atoms with Crippen LogP contribution in [0.2, 0.25) is 0 Å². The van der Waals surface area contributed by atoms with E-state index in [2.05, 4.69) is 0 Å². The second-order valence-corrected chi connectivity index (χ2v) is 6.68. The molecule has 0 aliphatic carbocycles. The lowest BCUT2D eigenvalue weighted by atomic mass is 10.1. The van der Waals surface area contributed by atoms with Gasteiger partial charge in [0, 0.05) is 18.6 Å². The van der Waals surface area contributed by atoms with Crippen LogP contribution in [0.5, 0.6) is 5.75 Å². The maximum atomic E-state index is 11.8. The number of carbonyl (C=O) groups excluding carboxylic acids is 1. The number of rotatable bonds is 6. The molecule has 0 aliphatic rings. The van der Waals surface area contributed by atoms with E-state index < -0.39 is 16.7 Å². The molecule has 0 aromatic heterocycles. The van der Waals surface area contributed by atoms with Crippen molar-refractivity contribution in [3.05, 3.63) is 34.4 Å². The number of nitrogens with zero attached hydrogens (tertiary/aromatic N) is 1. The highest BCUT2D eigenvalue weighted by Gasteiger charge is 2.25. The van der Waals surface area contributed by atoms with Gasteiger partial charge in [0.15, 0.2) is 0 Å². The third kappa shape index (κ3) is 7.60. The first-order valence-corrected chi connectivity index (χ1v) is 7.28. The molecule has 1 aromatic rings. The van der Waals surface area contributed by atoms with Gasteiger partial charge in [0.05, 0.1) is 17.1 Å². The predicted octanol–water partition coefficient (Wildman–Crippen LogP) is 4.09. The molecule has 0 atom stereocenters. The van der Waals surface area contributed by atoms with Crippen molar-refractivity contribution >= 4 is 11.8 Å². The predicted molar refractivity (Wildman–Crippen MR) is 84.6 cm³/mol. The van der Waals surface area contributed by atoms with E-state index in [1.54, 1.807) is 13.8 Å². The number of ether oxygens (including phenoxy) is 3. The number of carbonyl (C=O) groups is 1. The Hall–Kier alpha value is -2.15. The van der Waals surface area contributed by atoms with Gasteiger partial charge in [-0.25, -0.2) is 4.79 Å². The standard InChI is InChI=1S/C16H23NO6/c1-15(2,3)21-11-10-16(4,5)23-14(18)22-13-8-6-12(7-9-13)17(19)20/h6-9H,10-11H2,1-5H3. The Morgan fingerprint density at radius 1 is 1.13 bits per heavy atom. The van der Waals surface area contributed by atoms with E-state index in [0.717, 1.165) is 0 Å². The molecule has 128 valence electrons. The zero-order valence-electron chi connectivity index (χ0n) is 14.1. The summed E-state index contributed by atoms with van der Waals surface area (Å²) in [5.74, 6) is 0.183. The molecule has 0 N–H and O–H groups in total. The van der Waals surface area contributed by atoms with Crippen LogP contribution in [0.3, 0.4) is 0 Å². The van der Waals surface area contributed by atoms with Crippen LogP contribution in [0.1, 0.15) is 41.0 Å². The van der Waals surface area contributed by atoms with Gasteiger partial charge in [-0.2, -0.15) is 0 Å². The second kappa shape index (κ2) is 7.41. The molecule has 0 radical (unpaired) electrons. The SMILES string of the molecule is CC(C)(C)OCCC(C)(C)OC(=O)Oc1ccc([N+](=O)[O-])cc1. The summed E-state index contributed by atoms with van der Waals surface area (Å²) >= 11 is 0. The Kier molecular flexibility index (Phi) is 6.09. The zero-order valence-corrected chi connectivity index (χ0v) is 14.1. The van der Waals surface area contributed by atoms with Crippen LogP contribution in [-0.2, 0) is 9.47 Å². The molecule has 0 bridgehead atoms. The summed E-state index contributed by atoms with van der Waals surface area (Å²) in [5, 5.41) is 10.6. The Bertz CT molecular complexity index is 545. The quantitative estimate of drug-likeness (QED) is 0.339. The smallest absolute Gasteiger partial charge is 0.428 e. The molecule has 0 unspecified atom stereocenters. The van der Waals surface area contributed by atoms with Crippen molar-refractivity contribution in [2.45, 2.75) is 52.2 Å². The molecule has 0 saturated heterocycles. The largest absolute Gasteiger partial charge is 0.514 e. The average Bonchev–Trinajstić information content (AvgIpc) is 2.36. The molecule has 0 fully saturated rings. The van der Waals surface area contributed by atoms with E-state index in [9.17, 15) is 14.9 Å². The molecule has 0 spiro atoms. The summed E-state index contributed by atoms with van der Waals surface area (Å²) in [6.07, 6.45) is -0.348. The Labute approximate surface area is 135 Å². The Morgan fingerprint density at radius 3 is 2.17 bits per heavy atom. The normalized spacial score (nSPS) is 11.9. The fourth-order valence-corrected chi connectivity index (χ4v) is 1.63. The molecule has 0 heterocycles. The number of nitro benzene ring substituents is 1. The molecule has 0 aliphatic heterocycles. The van der Waals surface area contributed by atoms with E-state index >= 15 is 0 Å². The molecular weight excluding hydrogens is 302 g/mol. The zero-order chi connectivity index (χ0) is 17.7. The van der Waals surface area contributed by atoms with Crippen LogP contribution >= 0.6 is 0 Å². The van der Waals surface area contributed by atoms with E-state index in [0.29, 0.717) is 13.0 Å². The van der Waals surface area contributed by atoms with Crippen LogP contribution in [0.25, 0.3) is 0 Å². The maximum Gasteiger partial charge on any atom is 0.514 e. The maximum absolute atomic E-state index is 11.8. The third-order valence-corrected chi connectivity index (χ3v) is 2.85. The first kappa shape index (κ1) is 18.9. The number of benzene rings is 1. The number of non-ortho nitro benzene ring substituents is 1. The summed E-state index contributed by atoms with van der Waals surface area (Å²) in [6.45, 7) is 9.81. The molecule has 1 aromatic carbocycles. The molecule has 7 heteroatoms. The number of hydrogen-bond donors (Lipinski definition) is 0. The summed E-state index contributed by atoms with van der Waals surface area (Å²) in [7, 11) is 0. The molecule has 1 rings (SSSR count).